The zero-order valence-corrected chi connectivity index (χ0v) is 12.1. The van der Waals surface area contributed by atoms with E-state index >= 15 is 0 Å². The largest absolute Gasteiger partial charge is 0.467 e. The molecule has 1 fully saturated rings. The zero-order chi connectivity index (χ0) is 14.4. The van der Waals surface area contributed by atoms with E-state index in [2.05, 4.69) is 5.32 Å². The first kappa shape index (κ1) is 16.0. The summed E-state index contributed by atoms with van der Waals surface area (Å²) >= 11 is 0. The summed E-state index contributed by atoms with van der Waals surface area (Å²) in [6.45, 7) is 3.93. The van der Waals surface area contributed by atoms with Gasteiger partial charge in [-0.25, -0.2) is 4.79 Å². The molecule has 0 heterocycles. The van der Waals surface area contributed by atoms with Crippen LogP contribution >= 0.6 is 0 Å². The lowest BCUT2D eigenvalue weighted by molar-refractivity contribution is -0.147. The molecule has 3 N–H and O–H groups in total. The number of nitrogens with one attached hydrogen (secondary N) is 1. The molecule has 0 bridgehead atoms. The molecule has 0 aromatic rings. The van der Waals surface area contributed by atoms with Gasteiger partial charge in [-0.15, -0.1) is 0 Å². The van der Waals surface area contributed by atoms with Gasteiger partial charge in [0.25, 0.3) is 0 Å². The van der Waals surface area contributed by atoms with Crippen molar-refractivity contribution in [1.29, 1.82) is 0 Å². The zero-order valence-electron chi connectivity index (χ0n) is 12.1. The Bertz CT molecular complexity index is 320. The summed E-state index contributed by atoms with van der Waals surface area (Å²) in [4.78, 5) is 24.0. The second-order valence-electron chi connectivity index (χ2n) is 5.52. The van der Waals surface area contributed by atoms with Crippen molar-refractivity contribution >= 4 is 11.9 Å². The van der Waals surface area contributed by atoms with Crippen molar-refractivity contribution in [2.45, 2.75) is 58.0 Å². The van der Waals surface area contributed by atoms with Crippen molar-refractivity contribution in [2.24, 2.45) is 17.6 Å². The standard InChI is InChI=1S/C14H26N2O3/c1-4-9(2)12(14(18)19-3)16-13(17)10-6-5-7-11(15)8-10/h9-12H,4-8,15H2,1-3H3,(H,16,17). The smallest absolute Gasteiger partial charge is 0.328 e. The van der Waals surface area contributed by atoms with Gasteiger partial charge in [0.05, 0.1) is 7.11 Å². The van der Waals surface area contributed by atoms with Gasteiger partial charge in [-0.3, -0.25) is 4.79 Å². The van der Waals surface area contributed by atoms with E-state index in [0.717, 1.165) is 25.7 Å². The van der Waals surface area contributed by atoms with Crippen molar-refractivity contribution in [2.75, 3.05) is 7.11 Å². The first-order valence-corrected chi connectivity index (χ1v) is 7.13. The molecular formula is C14H26N2O3. The average Bonchev–Trinajstić information content (AvgIpc) is 2.42. The van der Waals surface area contributed by atoms with Gasteiger partial charge in [0, 0.05) is 12.0 Å². The molecular weight excluding hydrogens is 244 g/mol. The van der Waals surface area contributed by atoms with Crippen LogP contribution in [0.3, 0.4) is 0 Å². The van der Waals surface area contributed by atoms with Crippen molar-refractivity contribution in [1.82, 2.24) is 5.32 Å². The fourth-order valence-corrected chi connectivity index (χ4v) is 2.53. The summed E-state index contributed by atoms with van der Waals surface area (Å²) in [6.07, 6.45) is 4.33. The lowest BCUT2D eigenvalue weighted by Crippen LogP contribution is -2.49. The normalized spacial score (nSPS) is 26.3. The third kappa shape index (κ3) is 4.49. The summed E-state index contributed by atoms with van der Waals surface area (Å²) < 4.78 is 4.77. The van der Waals surface area contributed by atoms with Crippen LogP contribution in [0.4, 0.5) is 0 Å². The second kappa shape index (κ2) is 7.48. The lowest BCUT2D eigenvalue weighted by atomic mass is 9.85. The molecule has 4 atom stereocenters. The molecule has 0 aromatic heterocycles. The highest BCUT2D eigenvalue weighted by molar-refractivity contribution is 5.86. The third-order valence-electron chi connectivity index (χ3n) is 4.05. The molecule has 1 aliphatic carbocycles. The maximum atomic E-state index is 12.2. The Labute approximate surface area is 115 Å². The van der Waals surface area contributed by atoms with Crippen LogP contribution in [0.15, 0.2) is 0 Å². The molecule has 110 valence electrons. The molecule has 0 radical (unpaired) electrons. The number of nitrogens with two attached hydrogens (primary N) is 1. The number of ether oxygens (including phenoxy) is 1. The van der Waals surface area contributed by atoms with Gasteiger partial charge < -0.3 is 15.8 Å². The first-order chi connectivity index (χ1) is 8.99. The van der Waals surface area contributed by atoms with Gasteiger partial charge in [0.15, 0.2) is 0 Å². The quantitative estimate of drug-likeness (QED) is 0.736. The fraction of sp³-hybridized carbons (Fsp3) is 0.857. The minimum absolute atomic E-state index is 0.0636. The highest BCUT2D eigenvalue weighted by Crippen LogP contribution is 2.23. The van der Waals surface area contributed by atoms with Crippen LogP contribution < -0.4 is 11.1 Å². The molecule has 1 aliphatic rings. The molecule has 1 rings (SSSR count). The lowest BCUT2D eigenvalue weighted by Gasteiger charge is -2.28. The predicted octanol–water partition coefficient (Wildman–Crippen LogP) is 1.21. The molecule has 5 heteroatoms. The van der Waals surface area contributed by atoms with Crippen LogP contribution in [0.1, 0.15) is 46.0 Å². The van der Waals surface area contributed by atoms with Crippen molar-refractivity contribution in [3.05, 3.63) is 0 Å². The number of esters is 1. The first-order valence-electron chi connectivity index (χ1n) is 7.13. The highest BCUT2D eigenvalue weighted by Gasteiger charge is 2.31. The van der Waals surface area contributed by atoms with Crippen molar-refractivity contribution in [3.8, 4) is 0 Å². The van der Waals surface area contributed by atoms with Crippen LogP contribution in [0, 0.1) is 11.8 Å². The minimum atomic E-state index is -0.555. The number of carbonyl (C=O) groups excluding carboxylic acids is 2. The van der Waals surface area contributed by atoms with E-state index in [1.165, 1.54) is 7.11 Å². The molecule has 0 aromatic carbocycles. The Morgan fingerprint density at radius 1 is 1.42 bits per heavy atom. The van der Waals surface area contributed by atoms with Gasteiger partial charge >= 0.3 is 5.97 Å². The Hall–Kier alpha value is -1.10. The maximum absolute atomic E-state index is 12.2. The third-order valence-corrected chi connectivity index (χ3v) is 4.05. The van der Waals surface area contributed by atoms with E-state index in [1.54, 1.807) is 0 Å². The van der Waals surface area contributed by atoms with E-state index in [0.29, 0.717) is 6.42 Å². The molecule has 0 spiro atoms. The Kier molecular flexibility index (Phi) is 6.28. The summed E-state index contributed by atoms with van der Waals surface area (Å²) in [7, 11) is 1.35. The monoisotopic (exact) mass is 270 g/mol. The van der Waals surface area contributed by atoms with Gasteiger partial charge in [-0.1, -0.05) is 26.7 Å². The Balaban J connectivity index is 2.62. The number of amides is 1. The number of hydrogen-bond donors (Lipinski definition) is 2. The van der Waals surface area contributed by atoms with E-state index in [-0.39, 0.29) is 29.8 Å². The fourth-order valence-electron chi connectivity index (χ4n) is 2.53. The summed E-state index contributed by atoms with van der Waals surface area (Å²) in [5.41, 5.74) is 5.89. The average molecular weight is 270 g/mol. The molecule has 19 heavy (non-hydrogen) atoms. The van der Waals surface area contributed by atoms with Crippen LogP contribution in [-0.4, -0.2) is 31.1 Å². The van der Waals surface area contributed by atoms with Crippen LogP contribution in [0.5, 0.6) is 0 Å². The molecule has 5 nitrogen and oxygen atoms in total. The van der Waals surface area contributed by atoms with Gasteiger partial charge in [0.2, 0.25) is 5.91 Å². The molecule has 1 saturated carbocycles. The maximum Gasteiger partial charge on any atom is 0.328 e. The predicted molar refractivity (Wildman–Crippen MR) is 73.3 cm³/mol. The Morgan fingerprint density at radius 2 is 2.11 bits per heavy atom. The van der Waals surface area contributed by atoms with Crippen LogP contribution in [-0.2, 0) is 14.3 Å². The van der Waals surface area contributed by atoms with Gasteiger partial charge in [-0.05, 0) is 25.2 Å². The van der Waals surface area contributed by atoms with E-state index in [1.807, 2.05) is 13.8 Å². The summed E-state index contributed by atoms with van der Waals surface area (Å²) in [5.74, 6) is -0.442. The number of carbonyl (C=O) groups is 2. The van der Waals surface area contributed by atoms with E-state index in [9.17, 15) is 9.59 Å². The van der Waals surface area contributed by atoms with Crippen LogP contribution in [0.25, 0.3) is 0 Å². The van der Waals surface area contributed by atoms with E-state index in [4.69, 9.17) is 10.5 Å². The number of hydrogen-bond acceptors (Lipinski definition) is 4. The molecule has 0 aliphatic heterocycles. The SMILES string of the molecule is CCC(C)C(NC(=O)C1CCCC(N)C1)C(=O)OC. The van der Waals surface area contributed by atoms with Crippen molar-refractivity contribution in [3.63, 3.8) is 0 Å². The van der Waals surface area contributed by atoms with E-state index < -0.39 is 6.04 Å². The van der Waals surface area contributed by atoms with Gasteiger partial charge in [0.1, 0.15) is 6.04 Å². The Morgan fingerprint density at radius 3 is 2.63 bits per heavy atom. The number of rotatable bonds is 5. The topological polar surface area (TPSA) is 81.4 Å². The highest BCUT2D eigenvalue weighted by atomic mass is 16.5. The second-order valence-corrected chi connectivity index (χ2v) is 5.52. The minimum Gasteiger partial charge on any atom is -0.467 e. The van der Waals surface area contributed by atoms with Crippen molar-refractivity contribution < 1.29 is 14.3 Å². The van der Waals surface area contributed by atoms with Crippen LogP contribution in [0.2, 0.25) is 0 Å². The number of methoxy groups -OCH3 is 1. The van der Waals surface area contributed by atoms with Gasteiger partial charge in [-0.2, -0.15) is 0 Å². The summed E-state index contributed by atoms with van der Waals surface area (Å²) in [6, 6.07) is -0.453. The molecule has 4 unspecified atom stereocenters. The molecule has 1 amide bonds. The summed E-state index contributed by atoms with van der Waals surface area (Å²) in [5, 5.41) is 2.84. The molecule has 0 saturated heterocycles.